The lowest BCUT2D eigenvalue weighted by Gasteiger charge is -2.36. The van der Waals surface area contributed by atoms with Crippen LogP contribution in [0.15, 0.2) is 42.5 Å². The molecule has 1 N–H and O–H groups in total. The number of amides is 1. The van der Waals surface area contributed by atoms with Crippen molar-refractivity contribution >= 4 is 11.9 Å². The van der Waals surface area contributed by atoms with Crippen molar-refractivity contribution in [3.05, 3.63) is 53.8 Å². The maximum Gasteiger partial charge on any atom is 0.410 e. The van der Waals surface area contributed by atoms with Gasteiger partial charge in [0.15, 0.2) is 5.78 Å². The summed E-state index contributed by atoms with van der Waals surface area (Å²) in [4.78, 5) is 26.7. The molecule has 1 amide bonds. The van der Waals surface area contributed by atoms with E-state index in [2.05, 4.69) is 0 Å². The highest BCUT2D eigenvalue weighted by molar-refractivity contribution is 5.89. The molecule has 154 valence electrons. The van der Waals surface area contributed by atoms with Crippen LogP contribution in [0.4, 0.5) is 9.18 Å². The number of ketones is 1. The van der Waals surface area contributed by atoms with Gasteiger partial charge in [-0.25, -0.2) is 9.18 Å². The number of phenolic OH excluding ortho intramolecular Hbond substituents is 1. The average molecular weight is 399 g/mol. The number of aromatic hydroxyl groups is 1. The fourth-order valence-corrected chi connectivity index (χ4v) is 3.51. The highest BCUT2D eigenvalue weighted by Crippen LogP contribution is 2.32. The number of ether oxygens (including phenoxy) is 1. The zero-order valence-electron chi connectivity index (χ0n) is 16.9. The van der Waals surface area contributed by atoms with Crippen LogP contribution in [0.3, 0.4) is 0 Å². The number of piperidine rings is 1. The van der Waals surface area contributed by atoms with Crippen molar-refractivity contribution in [2.45, 2.75) is 51.7 Å². The third-order valence-corrected chi connectivity index (χ3v) is 4.85. The molecule has 1 saturated heterocycles. The fraction of sp³-hybridized carbons (Fsp3) is 0.391. The number of benzene rings is 2. The smallest absolute Gasteiger partial charge is 0.410 e. The Kier molecular flexibility index (Phi) is 5.91. The third kappa shape index (κ3) is 4.94. The molecule has 1 heterocycles. The van der Waals surface area contributed by atoms with Crippen molar-refractivity contribution < 1.29 is 23.8 Å². The predicted octanol–water partition coefficient (Wildman–Crippen LogP) is 4.71. The van der Waals surface area contributed by atoms with Crippen molar-refractivity contribution in [2.75, 3.05) is 6.54 Å². The standard InChI is InChI=1S/C23H26FNO4/c1-23(2,3)29-22(28)25-12-6-9-21(27)19(25)14-15-10-11-18(24)17(13-15)16-7-4-5-8-20(16)26/h4-5,7-8,10-11,13,19,26H,6,9,12,14H2,1-3H3. The number of carbonyl (C=O) groups excluding carboxylic acids is 2. The molecule has 0 aliphatic carbocycles. The van der Waals surface area contributed by atoms with E-state index < -0.39 is 23.6 Å². The number of carbonyl (C=O) groups is 2. The molecule has 0 saturated carbocycles. The van der Waals surface area contributed by atoms with Crippen LogP contribution in [0.25, 0.3) is 11.1 Å². The van der Waals surface area contributed by atoms with Gasteiger partial charge in [0.25, 0.3) is 0 Å². The first kappa shape index (κ1) is 20.8. The largest absolute Gasteiger partial charge is 0.507 e. The number of likely N-dealkylation sites (tertiary alicyclic amines) is 1. The Labute approximate surface area is 170 Å². The normalized spacial score (nSPS) is 17.3. The number of hydrogen-bond acceptors (Lipinski definition) is 4. The molecule has 2 aromatic carbocycles. The van der Waals surface area contributed by atoms with Gasteiger partial charge in [-0.05, 0) is 51.0 Å². The van der Waals surface area contributed by atoms with E-state index in [4.69, 9.17) is 4.74 Å². The number of Topliss-reactive ketones (excluding diaryl/α,β-unsaturated/α-hetero) is 1. The second-order valence-corrected chi connectivity index (χ2v) is 8.29. The molecule has 3 rings (SSSR count). The maximum atomic E-state index is 14.4. The molecule has 1 unspecified atom stereocenters. The first-order chi connectivity index (χ1) is 13.7. The summed E-state index contributed by atoms with van der Waals surface area (Å²) in [6.45, 7) is 5.79. The quantitative estimate of drug-likeness (QED) is 0.812. The van der Waals surface area contributed by atoms with E-state index in [9.17, 15) is 19.1 Å². The van der Waals surface area contributed by atoms with Crippen LogP contribution in [0.1, 0.15) is 39.2 Å². The number of rotatable bonds is 3. The van der Waals surface area contributed by atoms with Gasteiger partial charge in [-0.1, -0.05) is 24.3 Å². The van der Waals surface area contributed by atoms with Crippen LogP contribution in [-0.2, 0) is 16.0 Å². The Morgan fingerprint density at radius 1 is 1.21 bits per heavy atom. The number of halogens is 1. The number of phenols is 1. The topological polar surface area (TPSA) is 66.8 Å². The number of nitrogens with zero attached hydrogens (tertiary/aromatic N) is 1. The summed E-state index contributed by atoms with van der Waals surface area (Å²) in [5, 5.41) is 10.1. The zero-order chi connectivity index (χ0) is 21.2. The van der Waals surface area contributed by atoms with E-state index in [1.54, 1.807) is 51.1 Å². The zero-order valence-corrected chi connectivity index (χ0v) is 16.9. The minimum absolute atomic E-state index is 0.0207. The molecule has 2 aromatic rings. The van der Waals surface area contributed by atoms with Crippen LogP contribution >= 0.6 is 0 Å². The Hall–Kier alpha value is -2.89. The van der Waals surface area contributed by atoms with Crippen molar-refractivity contribution in [1.29, 1.82) is 0 Å². The average Bonchev–Trinajstić information content (AvgIpc) is 2.64. The van der Waals surface area contributed by atoms with Gasteiger partial charge in [0.1, 0.15) is 17.2 Å². The Morgan fingerprint density at radius 3 is 2.62 bits per heavy atom. The Balaban J connectivity index is 1.89. The molecular weight excluding hydrogens is 373 g/mol. The van der Waals surface area contributed by atoms with Gasteiger partial charge in [0, 0.05) is 30.5 Å². The van der Waals surface area contributed by atoms with E-state index in [0.29, 0.717) is 30.5 Å². The minimum atomic E-state index is -0.657. The van der Waals surface area contributed by atoms with E-state index in [1.807, 2.05) is 0 Å². The first-order valence-corrected chi connectivity index (χ1v) is 9.75. The van der Waals surface area contributed by atoms with Crippen LogP contribution in [0.5, 0.6) is 5.75 Å². The fourth-order valence-electron chi connectivity index (χ4n) is 3.51. The van der Waals surface area contributed by atoms with Crippen LogP contribution < -0.4 is 0 Å². The molecule has 29 heavy (non-hydrogen) atoms. The summed E-state index contributed by atoms with van der Waals surface area (Å²) in [5.74, 6) is -0.516. The van der Waals surface area contributed by atoms with E-state index in [1.165, 1.54) is 17.0 Å². The Bertz CT molecular complexity index is 919. The molecule has 1 fully saturated rings. The van der Waals surface area contributed by atoms with Crippen molar-refractivity contribution in [2.24, 2.45) is 0 Å². The molecule has 6 heteroatoms. The van der Waals surface area contributed by atoms with Gasteiger partial charge in [-0.2, -0.15) is 0 Å². The molecule has 0 radical (unpaired) electrons. The second kappa shape index (κ2) is 8.23. The van der Waals surface area contributed by atoms with E-state index in [0.717, 1.165) is 0 Å². The van der Waals surface area contributed by atoms with Crippen LogP contribution in [-0.4, -0.2) is 40.1 Å². The van der Waals surface area contributed by atoms with Crippen molar-refractivity contribution in [3.63, 3.8) is 0 Å². The molecule has 0 spiro atoms. The van der Waals surface area contributed by atoms with Gasteiger partial charge in [-0.15, -0.1) is 0 Å². The van der Waals surface area contributed by atoms with E-state index in [-0.39, 0.29) is 23.5 Å². The molecule has 1 atom stereocenters. The van der Waals surface area contributed by atoms with Gasteiger partial charge in [-0.3, -0.25) is 9.69 Å². The highest BCUT2D eigenvalue weighted by atomic mass is 19.1. The van der Waals surface area contributed by atoms with Gasteiger partial charge in [0.05, 0.1) is 6.04 Å². The molecule has 0 aromatic heterocycles. The number of hydrogen-bond donors (Lipinski definition) is 1. The summed E-state index contributed by atoms with van der Waals surface area (Å²) >= 11 is 0. The van der Waals surface area contributed by atoms with Gasteiger partial charge >= 0.3 is 6.09 Å². The predicted molar refractivity (Wildman–Crippen MR) is 108 cm³/mol. The molecular formula is C23H26FNO4. The lowest BCUT2D eigenvalue weighted by Crippen LogP contribution is -2.51. The molecule has 1 aliphatic heterocycles. The van der Waals surface area contributed by atoms with Crippen LogP contribution in [0.2, 0.25) is 0 Å². The molecule has 0 bridgehead atoms. The highest BCUT2D eigenvalue weighted by Gasteiger charge is 2.35. The summed E-state index contributed by atoms with van der Waals surface area (Å²) in [7, 11) is 0. The van der Waals surface area contributed by atoms with Gasteiger partial charge in [0.2, 0.25) is 0 Å². The third-order valence-electron chi connectivity index (χ3n) is 4.85. The van der Waals surface area contributed by atoms with Crippen molar-refractivity contribution in [1.82, 2.24) is 4.90 Å². The summed E-state index contributed by atoms with van der Waals surface area (Å²) in [5.41, 5.74) is 0.688. The molecule has 5 nitrogen and oxygen atoms in total. The molecule has 1 aliphatic rings. The number of para-hydroxylation sites is 1. The lowest BCUT2D eigenvalue weighted by atomic mass is 9.92. The maximum absolute atomic E-state index is 14.4. The monoisotopic (exact) mass is 399 g/mol. The summed E-state index contributed by atoms with van der Waals surface area (Å²) in [6, 6.07) is 10.4. The summed E-state index contributed by atoms with van der Waals surface area (Å²) < 4.78 is 19.9. The van der Waals surface area contributed by atoms with E-state index >= 15 is 0 Å². The summed E-state index contributed by atoms with van der Waals surface area (Å²) in [6.07, 6.45) is 0.746. The Morgan fingerprint density at radius 2 is 1.93 bits per heavy atom. The minimum Gasteiger partial charge on any atom is -0.507 e. The van der Waals surface area contributed by atoms with Gasteiger partial charge < -0.3 is 9.84 Å². The SMILES string of the molecule is CC(C)(C)OC(=O)N1CCCC(=O)C1Cc1ccc(F)c(-c2ccccc2O)c1. The second-order valence-electron chi connectivity index (χ2n) is 8.29. The van der Waals surface area contributed by atoms with Crippen LogP contribution in [0, 0.1) is 5.82 Å². The lowest BCUT2D eigenvalue weighted by molar-refractivity contribution is -0.126. The first-order valence-electron chi connectivity index (χ1n) is 9.75. The van der Waals surface area contributed by atoms with Crippen molar-refractivity contribution in [3.8, 4) is 16.9 Å².